The molecule has 1 aliphatic rings. The third-order valence-electron chi connectivity index (χ3n) is 3.70. The third-order valence-corrected chi connectivity index (χ3v) is 3.70. The van der Waals surface area contributed by atoms with Gasteiger partial charge in [0.1, 0.15) is 12.4 Å². The number of fused-ring (bicyclic) bond motifs is 1. The summed E-state index contributed by atoms with van der Waals surface area (Å²) in [6.45, 7) is 3.20. The fourth-order valence-corrected chi connectivity index (χ4v) is 2.21. The number of nitrogens with zero attached hydrogens (tertiary/aromatic N) is 2. The summed E-state index contributed by atoms with van der Waals surface area (Å²) in [7, 11) is 2.10. The highest BCUT2D eigenvalue weighted by molar-refractivity contribution is 5.90. The van der Waals surface area contributed by atoms with Crippen LogP contribution in [0.1, 0.15) is 0 Å². The summed E-state index contributed by atoms with van der Waals surface area (Å²) in [6, 6.07) is 8.16. The highest BCUT2D eigenvalue weighted by Gasteiger charge is 2.22. The fraction of sp³-hybridized carbons (Fsp3) is 0.400. The van der Waals surface area contributed by atoms with Crippen LogP contribution in [0.4, 0.5) is 5.69 Å². The first kappa shape index (κ1) is 13.1. The fourth-order valence-electron chi connectivity index (χ4n) is 2.21. The van der Waals surface area contributed by atoms with Crippen molar-refractivity contribution in [3.63, 3.8) is 0 Å². The maximum atomic E-state index is 5.90. The molecule has 1 aliphatic heterocycles. The van der Waals surface area contributed by atoms with E-state index in [4.69, 9.17) is 15.2 Å². The predicted molar refractivity (Wildman–Crippen MR) is 78.9 cm³/mol. The lowest BCUT2D eigenvalue weighted by Gasteiger charge is -2.34. The third kappa shape index (κ3) is 2.69. The summed E-state index contributed by atoms with van der Waals surface area (Å²) in [5, 5.41) is 0.962. The van der Waals surface area contributed by atoms with E-state index in [9.17, 15) is 0 Å². The van der Waals surface area contributed by atoms with Gasteiger partial charge in [0, 0.05) is 29.9 Å². The first-order valence-corrected chi connectivity index (χ1v) is 6.79. The summed E-state index contributed by atoms with van der Waals surface area (Å²) in [4.78, 5) is 6.57. The average Bonchev–Trinajstić information content (AvgIpc) is 2.37. The standard InChI is InChI=1S/C15H19N3O2/c1-18(11-9-19-10-11)6-7-20-12-2-3-13-14(16)4-5-17-15(13)8-12/h2-5,8,11H,6-7,9-10H2,1H3,(H2,16,17). The van der Waals surface area contributed by atoms with E-state index in [2.05, 4.69) is 16.9 Å². The zero-order valence-corrected chi connectivity index (χ0v) is 11.6. The van der Waals surface area contributed by atoms with Gasteiger partial charge in [-0.1, -0.05) is 0 Å². The van der Waals surface area contributed by atoms with Crippen molar-refractivity contribution in [1.29, 1.82) is 0 Å². The molecule has 5 nitrogen and oxygen atoms in total. The Morgan fingerprint density at radius 2 is 2.25 bits per heavy atom. The Morgan fingerprint density at radius 1 is 1.40 bits per heavy atom. The van der Waals surface area contributed by atoms with E-state index in [-0.39, 0.29) is 0 Å². The minimum atomic E-state index is 0.539. The van der Waals surface area contributed by atoms with Crippen LogP contribution in [0.2, 0.25) is 0 Å². The number of benzene rings is 1. The van der Waals surface area contributed by atoms with Gasteiger partial charge in [-0.25, -0.2) is 0 Å². The molecule has 1 aromatic heterocycles. The van der Waals surface area contributed by atoms with Gasteiger partial charge in [0.2, 0.25) is 0 Å². The van der Waals surface area contributed by atoms with Crippen LogP contribution < -0.4 is 10.5 Å². The van der Waals surface area contributed by atoms with Gasteiger partial charge in [-0.3, -0.25) is 9.88 Å². The normalized spacial score (nSPS) is 15.5. The Balaban J connectivity index is 1.60. The maximum absolute atomic E-state index is 5.90. The molecule has 2 N–H and O–H groups in total. The van der Waals surface area contributed by atoms with Gasteiger partial charge < -0.3 is 15.2 Å². The van der Waals surface area contributed by atoms with Gasteiger partial charge in [-0.2, -0.15) is 0 Å². The second kappa shape index (κ2) is 5.64. The molecule has 1 fully saturated rings. The van der Waals surface area contributed by atoms with Crippen molar-refractivity contribution in [2.75, 3.05) is 39.1 Å². The van der Waals surface area contributed by atoms with Crippen LogP contribution in [0.3, 0.4) is 0 Å². The summed E-state index contributed by atoms with van der Waals surface area (Å²) >= 11 is 0. The molecular formula is C15H19N3O2. The van der Waals surface area contributed by atoms with Crippen molar-refractivity contribution < 1.29 is 9.47 Å². The zero-order valence-electron chi connectivity index (χ0n) is 11.6. The number of pyridine rings is 1. The Morgan fingerprint density at radius 3 is 3.00 bits per heavy atom. The first-order chi connectivity index (χ1) is 9.74. The van der Waals surface area contributed by atoms with Crippen LogP contribution >= 0.6 is 0 Å². The van der Waals surface area contributed by atoms with Gasteiger partial charge in [0.25, 0.3) is 0 Å². The molecule has 0 unspecified atom stereocenters. The minimum Gasteiger partial charge on any atom is -0.492 e. The van der Waals surface area contributed by atoms with Crippen LogP contribution in [0, 0.1) is 0 Å². The van der Waals surface area contributed by atoms with E-state index < -0.39 is 0 Å². The Hall–Kier alpha value is -1.85. The molecule has 0 spiro atoms. The molecule has 1 saturated heterocycles. The number of hydrogen-bond acceptors (Lipinski definition) is 5. The molecule has 0 atom stereocenters. The number of ether oxygens (including phenoxy) is 2. The molecule has 20 heavy (non-hydrogen) atoms. The van der Waals surface area contributed by atoms with Crippen molar-refractivity contribution in [3.8, 4) is 5.75 Å². The SMILES string of the molecule is CN(CCOc1ccc2c(N)ccnc2c1)C1COC1. The number of hydrogen-bond donors (Lipinski definition) is 1. The summed E-state index contributed by atoms with van der Waals surface area (Å²) in [5.41, 5.74) is 7.51. The Labute approximate surface area is 118 Å². The lowest BCUT2D eigenvalue weighted by Crippen LogP contribution is -2.48. The number of rotatable bonds is 5. The van der Waals surface area contributed by atoms with Gasteiger partial charge in [0.15, 0.2) is 0 Å². The van der Waals surface area contributed by atoms with E-state index in [1.165, 1.54) is 0 Å². The van der Waals surface area contributed by atoms with Crippen LogP contribution in [0.5, 0.6) is 5.75 Å². The molecule has 0 saturated carbocycles. The van der Waals surface area contributed by atoms with Crippen LogP contribution in [-0.4, -0.2) is 49.3 Å². The molecule has 5 heteroatoms. The van der Waals surface area contributed by atoms with Crippen LogP contribution in [0.15, 0.2) is 30.5 Å². The van der Waals surface area contributed by atoms with E-state index in [0.29, 0.717) is 12.6 Å². The molecular weight excluding hydrogens is 254 g/mol. The van der Waals surface area contributed by atoms with Crippen LogP contribution in [0.25, 0.3) is 10.9 Å². The maximum Gasteiger partial charge on any atom is 0.121 e. The van der Waals surface area contributed by atoms with E-state index >= 15 is 0 Å². The molecule has 0 radical (unpaired) electrons. The second-order valence-electron chi connectivity index (χ2n) is 5.10. The number of aromatic nitrogens is 1. The van der Waals surface area contributed by atoms with Gasteiger partial charge in [-0.15, -0.1) is 0 Å². The first-order valence-electron chi connectivity index (χ1n) is 6.79. The predicted octanol–water partition coefficient (Wildman–Crippen LogP) is 1.53. The highest BCUT2D eigenvalue weighted by Crippen LogP contribution is 2.23. The second-order valence-corrected chi connectivity index (χ2v) is 5.10. The lowest BCUT2D eigenvalue weighted by atomic mass is 10.2. The average molecular weight is 273 g/mol. The van der Waals surface area contributed by atoms with Crippen molar-refractivity contribution in [2.24, 2.45) is 0 Å². The van der Waals surface area contributed by atoms with E-state index in [0.717, 1.165) is 42.1 Å². The molecule has 0 amide bonds. The Kier molecular flexibility index (Phi) is 3.71. The van der Waals surface area contributed by atoms with Crippen molar-refractivity contribution in [2.45, 2.75) is 6.04 Å². The number of nitrogens with two attached hydrogens (primary N) is 1. The van der Waals surface area contributed by atoms with E-state index in [1.807, 2.05) is 18.2 Å². The Bertz CT molecular complexity index is 599. The monoisotopic (exact) mass is 273 g/mol. The zero-order chi connectivity index (χ0) is 13.9. The highest BCUT2D eigenvalue weighted by atomic mass is 16.5. The topological polar surface area (TPSA) is 60.6 Å². The largest absolute Gasteiger partial charge is 0.492 e. The number of likely N-dealkylation sites (N-methyl/N-ethyl adjacent to an activating group) is 1. The van der Waals surface area contributed by atoms with Crippen molar-refractivity contribution >= 4 is 16.6 Å². The minimum absolute atomic E-state index is 0.539. The molecule has 2 heterocycles. The van der Waals surface area contributed by atoms with Crippen LogP contribution in [-0.2, 0) is 4.74 Å². The van der Waals surface area contributed by atoms with Gasteiger partial charge in [0.05, 0.1) is 24.8 Å². The van der Waals surface area contributed by atoms with Gasteiger partial charge >= 0.3 is 0 Å². The molecule has 1 aromatic carbocycles. The molecule has 0 bridgehead atoms. The number of nitrogen functional groups attached to an aromatic ring is 1. The smallest absolute Gasteiger partial charge is 0.121 e. The number of anilines is 1. The molecule has 3 rings (SSSR count). The summed E-state index contributed by atoms with van der Waals surface area (Å²) in [6.07, 6.45) is 1.71. The molecule has 0 aliphatic carbocycles. The lowest BCUT2D eigenvalue weighted by molar-refractivity contribution is -0.0582. The van der Waals surface area contributed by atoms with Gasteiger partial charge in [-0.05, 0) is 25.2 Å². The quantitative estimate of drug-likeness (QED) is 0.895. The molecule has 106 valence electrons. The summed E-state index contributed by atoms with van der Waals surface area (Å²) < 4.78 is 11.0. The van der Waals surface area contributed by atoms with Crippen molar-refractivity contribution in [1.82, 2.24) is 9.88 Å². The van der Waals surface area contributed by atoms with E-state index in [1.54, 1.807) is 12.3 Å². The van der Waals surface area contributed by atoms with Crippen molar-refractivity contribution in [3.05, 3.63) is 30.5 Å². The molecule has 2 aromatic rings. The summed E-state index contributed by atoms with van der Waals surface area (Å²) in [5.74, 6) is 0.828.